The first-order valence-electron chi connectivity index (χ1n) is 7.93. The van der Waals surface area contributed by atoms with Crippen molar-refractivity contribution in [2.24, 2.45) is 0 Å². The minimum Gasteiger partial charge on any atom is -0.493 e. The largest absolute Gasteiger partial charge is 0.493 e. The van der Waals surface area contributed by atoms with Gasteiger partial charge >= 0.3 is 0 Å². The molecule has 3 aromatic rings. The van der Waals surface area contributed by atoms with Crippen LogP contribution in [0.5, 0.6) is 11.5 Å². The van der Waals surface area contributed by atoms with Crippen LogP contribution in [0, 0.1) is 0 Å². The van der Waals surface area contributed by atoms with E-state index in [9.17, 15) is 4.79 Å². The number of carbonyl (C=O) groups is 1. The van der Waals surface area contributed by atoms with Gasteiger partial charge in [-0.05, 0) is 12.1 Å². The van der Waals surface area contributed by atoms with Crippen LogP contribution >= 0.6 is 0 Å². The summed E-state index contributed by atoms with van der Waals surface area (Å²) in [7, 11) is 3.13. The molecule has 4 rings (SSSR count). The van der Waals surface area contributed by atoms with Crippen molar-refractivity contribution in [2.75, 3.05) is 25.3 Å². The molecule has 1 aliphatic rings. The number of anilines is 3. The molecule has 0 spiro atoms. The Morgan fingerprint density at radius 1 is 0.962 bits per heavy atom. The number of benzene rings is 2. The molecule has 0 atom stereocenters. The van der Waals surface area contributed by atoms with Gasteiger partial charge in [-0.2, -0.15) is 4.98 Å². The highest BCUT2D eigenvalue weighted by Gasteiger charge is 2.32. The molecule has 0 unspecified atom stereocenters. The number of nitrogen functional groups attached to an aromatic ring is 1. The van der Waals surface area contributed by atoms with E-state index in [4.69, 9.17) is 15.2 Å². The number of ketones is 1. The van der Waals surface area contributed by atoms with E-state index in [0.717, 1.165) is 5.56 Å². The van der Waals surface area contributed by atoms with Gasteiger partial charge in [0, 0.05) is 22.9 Å². The second kappa shape index (κ2) is 6.03. The van der Waals surface area contributed by atoms with Crippen molar-refractivity contribution in [1.82, 2.24) is 9.97 Å². The summed E-state index contributed by atoms with van der Waals surface area (Å²) in [6, 6.07) is 12.6. The normalized spacial score (nSPS) is 11.7. The first kappa shape index (κ1) is 15.9. The molecular formula is C19H16N4O3. The van der Waals surface area contributed by atoms with Crippen LogP contribution in [0.25, 0.3) is 11.3 Å². The van der Waals surface area contributed by atoms with Crippen molar-refractivity contribution in [2.45, 2.75) is 0 Å². The van der Waals surface area contributed by atoms with E-state index in [1.807, 2.05) is 18.2 Å². The predicted octanol–water partition coefficient (Wildman–Crippen LogP) is 3.03. The number of nitrogens with two attached hydrogens (primary N) is 1. The van der Waals surface area contributed by atoms with Gasteiger partial charge in [-0.1, -0.05) is 24.3 Å². The molecule has 130 valence electrons. The molecule has 0 fully saturated rings. The van der Waals surface area contributed by atoms with E-state index in [1.54, 1.807) is 38.5 Å². The molecule has 26 heavy (non-hydrogen) atoms. The first-order chi connectivity index (χ1) is 12.6. The van der Waals surface area contributed by atoms with Gasteiger partial charge in [0.05, 0.1) is 25.5 Å². The molecule has 0 amide bonds. The number of carbonyl (C=O) groups excluding carboxylic acids is 1. The molecule has 1 aliphatic carbocycles. The maximum absolute atomic E-state index is 12.8. The summed E-state index contributed by atoms with van der Waals surface area (Å²) in [5.74, 6) is 1.50. The molecule has 1 heterocycles. The van der Waals surface area contributed by atoms with Crippen LogP contribution in [0.1, 0.15) is 15.9 Å². The van der Waals surface area contributed by atoms with Gasteiger partial charge in [-0.25, -0.2) is 4.98 Å². The fourth-order valence-electron chi connectivity index (χ4n) is 3.05. The molecular weight excluding hydrogens is 332 g/mol. The van der Waals surface area contributed by atoms with Crippen molar-refractivity contribution in [3.63, 3.8) is 0 Å². The highest BCUT2D eigenvalue weighted by atomic mass is 16.5. The van der Waals surface area contributed by atoms with Crippen molar-refractivity contribution >= 4 is 23.2 Å². The third-order valence-corrected chi connectivity index (χ3v) is 4.23. The summed E-state index contributed by atoms with van der Waals surface area (Å²) < 4.78 is 10.6. The predicted molar refractivity (Wildman–Crippen MR) is 98.1 cm³/mol. The van der Waals surface area contributed by atoms with E-state index in [0.29, 0.717) is 39.8 Å². The Labute approximate surface area is 149 Å². The Morgan fingerprint density at radius 3 is 2.42 bits per heavy atom. The molecule has 7 nitrogen and oxygen atoms in total. The third kappa shape index (κ3) is 2.41. The number of fused-ring (bicyclic) bond motifs is 3. The Bertz CT molecular complexity index is 1030. The third-order valence-electron chi connectivity index (χ3n) is 4.23. The lowest BCUT2D eigenvalue weighted by molar-refractivity contribution is 0.104. The average molecular weight is 348 g/mol. The first-order valence-corrected chi connectivity index (χ1v) is 7.93. The summed E-state index contributed by atoms with van der Waals surface area (Å²) in [4.78, 5) is 21.3. The minimum absolute atomic E-state index is 0.0937. The zero-order chi connectivity index (χ0) is 18.3. The molecule has 0 saturated heterocycles. The van der Waals surface area contributed by atoms with Gasteiger partial charge < -0.3 is 20.5 Å². The quantitative estimate of drug-likeness (QED) is 0.585. The standard InChI is InChI=1S/C19H16N4O3/c1-25-13-8-7-10(9-14(13)26-2)21-18-15-16(22-19(20)23-18)11-5-3-4-6-12(11)17(15)24/h3-9H,1-2H3,(H3,20,21,22,23). The van der Waals surface area contributed by atoms with Gasteiger partial charge in [0.15, 0.2) is 17.3 Å². The van der Waals surface area contributed by atoms with E-state index in [2.05, 4.69) is 15.3 Å². The van der Waals surface area contributed by atoms with Crippen molar-refractivity contribution in [1.29, 1.82) is 0 Å². The number of nitrogens with zero attached hydrogens (tertiary/aromatic N) is 2. The highest BCUT2D eigenvalue weighted by molar-refractivity contribution is 6.23. The van der Waals surface area contributed by atoms with Gasteiger partial charge in [0.1, 0.15) is 5.82 Å². The fourth-order valence-corrected chi connectivity index (χ4v) is 3.05. The smallest absolute Gasteiger partial charge is 0.222 e. The number of rotatable bonds is 4. The van der Waals surface area contributed by atoms with E-state index >= 15 is 0 Å². The zero-order valence-electron chi connectivity index (χ0n) is 14.2. The monoisotopic (exact) mass is 348 g/mol. The lowest BCUT2D eigenvalue weighted by atomic mass is 10.1. The van der Waals surface area contributed by atoms with E-state index < -0.39 is 0 Å². The second-order valence-corrected chi connectivity index (χ2v) is 5.72. The maximum Gasteiger partial charge on any atom is 0.222 e. The van der Waals surface area contributed by atoms with E-state index in [-0.39, 0.29) is 11.7 Å². The molecule has 7 heteroatoms. The van der Waals surface area contributed by atoms with Gasteiger partial charge in [-0.15, -0.1) is 0 Å². The molecule has 0 bridgehead atoms. The maximum atomic E-state index is 12.8. The van der Waals surface area contributed by atoms with Crippen LogP contribution in [-0.2, 0) is 0 Å². The SMILES string of the molecule is COc1ccc(Nc2nc(N)nc3c2C(=O)c2ccccc2-3)cc1OC. The molecule has 3 N–H and O–H groups in total. The number of ether oxygens (including phenoxy) is 2. The van der Waals surface area contributed by atoms with Crippen LogP contribution < -0.4 is 20.5 Å². The molecule has 0 aliphatic heterocycles. The van der Waals surface area contributed by atoms with Crippen molar-refractivity contribution in [3.05, 3.63) is 53.6 Å². The summed E-state index contributed by atoms with van der Waals surface area (Å²) >= 11 is 0. The second-order valence-electron chi connectivity index (χ2n) is 5.72. The van der Waals surface area contributed by atoms with E-state index in [1.165, 1.54) is 0 Å². The summed E-state index contributed by atoms with van der Waals surface area (Å²) in [5.41, 5.74) is 8.87. The number of nitrogens with one attached hydrogen (secondary N) is 1. The summed E-state index contributed by atoms with van der Waals surface area (Å²) in [6.07, 6.45) is 0. The number of hydrogen-bond acceptors (Lipinski definition) is 7. The van der Waals surface area contributed by atoms with Crippen LogP contribution in [0.15, 0.2) is 42.5 Å². The van der Waals surface area contributed by atoms with Crippen molar-refractivity contribution in [3.8, 4) is 22.8 Å². The van der Waals surface area contributed by atoms with Crippen molar-refractivity contribution < 1.29 is 14.3 Å². The summed E-state index contributed by atoms with van der Waals surface area (Å²) in [5, 5.41) is 3.15. The lowest BCUT2D eigenvalue weighted by Crippen LogP contribution is -2.07. The van der Waals surface area contributed by atoms with Crippen LogP contribution in [0.2, 0.25) is 0 Å². The Hall–Kier alpha value is -3.61. The minimum atomic E-state index is -0.126. The molecule has 2 aromatic carbocycles. The Kier molecular flexibility index (Phi) is 3.69. The average Bonchev–Trinajstić information content (AvgIpc) is 2.94. The van der Waals surface area contributed by atoms with Gasteiger partial charge in [0.2, 0.25) is 5.95 Å². The topological polar surface area (TPSA) is 99.4 Å². The zero-order valence-corrected chi connectivity index (χ0v) is 14.2. The Morgan fingerprint density at radius 2 is 1.69 bits per heavy atom. The molecule has 1 aromatic heterocycles. The summed E-state index contributed by atoms with van der Waals surface area (Å²) in [6.45, 7) is 0. The van der Waals surface area contributed by atoms with Gasteiger partial charge in [0.25, 0.3) is 0 Å². The number of hydrogen-bond donors (Lipinski definition) is 2. The van der Waals surface area contributed by atoms with Crippen LogP contribution in [0.3, 0.4) is 0 Å². The number of aromatic nitrogens is 2. The molecule has 0 radical (unpaired) electrons. The van der Waals surface area contributed by atoms with Crippen LogP contribution in [0.4, 0.5) is 17.5 Å². The Balaban J connectivity index is 1.80. The lowest BCUT2D eigenvalue weighted by Gasteiger charge is -2.13. The molecule has 0 saturated carbocycles. The van der Waals surface area contributed by atoms with Gasteiger partial charge in [-0.3, -0.25) is 4.79 Å². The van der Waals surface area contributed by atoms with Crippen LogP contribution in [-0.4, -0.2) is 30.0 Å². The fraction of sp³-hybridized carbons (Fsp3) is 0.105. The highest BCUT2D eigenvalue weighted by Crippen LogP contribution is 2.40. The number of methoxy groups -OCH3 is 2.